The van der Waals surface area contributed by atoms with E-state index in [2.05, 4.69) is 4.98 Å². The molecular formula is C12H14N2O2. The standard InChI is InChI=1S/C12H14N2O2/c15-11-5-4-9-6-14(7-10(9)13-11)12(16)8-2-1-3-8/h4-5,8H,1-3,6-7H2,(H,13,15). The zero-order valence-electron chi connectivity index (χ0n) is 9.03. The third kappa shape index (κ3) is 1.45. The first-order chi connectivity index (χ1) is 7.74. The number of carbonyl (C=O) groups is 1. The van der Waals surface area contributed by atoms with Crippen LogP contribution in [0.15, 0.2) is 16.9 Å². The lowest BCUT2D eigenvalue weighted by molar-refractivity contribution is -0.138. The third-order valence-corrected chi connectivity index (χ3v) is 3.57. The highest BCUT2D eigenvalue weighted by atomic mass is 16.2. The van der Waals surface area contributed by atoms with Crippen molar-refractivity contribution < 1.29 is 4.79 Å². The number of hydrogen-bond acceptors (Lipinski definition) is 2. The Morgan fingerprint density at radius 3 is 2.81 bits per heavy atom. The smallest absolute Gasteiger partial charge is 0.248 e. The molecule has 2 aliphatic rings. The second kappa shape index (κ2) is 3.47. The van der Waals surface area contributed by atoms with Crippen molar-refractivity contribution in [3.8, 4) is 0 Å². The molecule has 1 N–H and O–H groups in total. The molecule has 0 aromatic carbocycles. The number of carbonyl (C=O) groups excluding carboxylic acids is 1. The summed E-state index contributed by atoms with van der Waals surface area (Å²) < 4.78 is 0. The summed E-state index contributed by atoms with van der Waals surface area (Å²) in [4.78, 5) is 27.8. The van der Waals surface area contributed by atoms with E-state index in [1.807, 2.05) is 11.0 Å². The molecule has 0 atom stereocenters. The van der Waals surface area contributed by atoms with Crippen LogP contribution >= 0.6 is 0 Å². The van der Waals surface area contributed by atoms with Gasteiger partial charge in [0.05, 0.1) is 6.54 Å². The van der Waals surface area contributed by atoms with Gasteiger partial charge in [0, 0.05) is 24.2 Å². The summed E-state index contributed by atoms with van der Waals surface area (Å²) in [6.07, 6.45) is 3.23. The minimum atomic E-state index is -0.0864. The van der Waals surface area contributed by atoms with E-state index in [4.69, 9.17) is 0 Å². The largest absolute Gasteiger partial charge is 0.332 e. The molecule has 16 heavy (non-hydrogen) atoms. The van der Waals surface area contributed by atoms with Gasteiger partial charge in [-0.15, -0.1) is 0 Å². The van der Waals surface area contributed by atoms with Crippen LogP contribution in [0.5, 0.6) is 0 Å². The summed E-state index contributed by atoms with van der Waals surface area (Å²) in [5, 5.41) is 0. The number of rotatable bonds is 1. The van der Waals surface area contributed by atoms with Crippen molar-refractivity contribution in [1.82, 2.24) is 9.88 Å². The van der Waals surface area contributed by atoms with Gasteiger partial charge in [-0.3, -0.25) is 9.59 Å². The first-order valence-corrected chi connectivity index (χ1v) is 5.74. The third-order valence-electron chi connectivity index (χ3n) is 3.57. The summed E-state index contributed by atoms with van der Waals surface area (Å²) in [6, 6.07) is 3.35. The van der Waals surface area contributed by atoms with Gasteiger partial charge in [0.15, 0.2) is 0 Å². The van der Waals surface area contributed by atoms with E-state index in [0.29, 0.717) is 13.1 Å². The molecule has 1 aliphatic heterocycles. The Kier molecular flexibility index (Phi) is 2.09. The maximum atomic E-state index is 12.0. The highest BCUT2D eigenvalue weighted by molar-refractivity contribution is 5.80. The number of nitrogens with zero attached hydrogens (tertiary/aromatic N) is 1. The van der Waals surface area contributed by atoms with Gasteiger partial charge in [-0.2, -0.15) is 0 Å². The van der Waals surface area contributed by atoms with Gasteiger partial charge in [-0.1, -0.05) is 6.42 Å². The molecule has 4 nitrogen and oxygen atoms in total. The molecule has 4 heteroatoms. The summed E-state index contributed by atoms with van der Waals surface area (Å²) in [6.45, 7) is 1.22. The Balaban J connectivity index is 1.79. The second-order valence-electron chi connectivity index (χ2n) is 4.65. The SMILES string of the molecule is O=C(C1CCC1)N1Cc2ccc(=O)[nH]c2C1. The maximum absolute atomic E-state index is 12.0. The molecule has 3 rings (SSSR count). The molecule has 2 heterocycles. The molecule has 1 fully saturated rings. The Bertz CT molecular complexity index is 488. The van der Waals surface area contributed by atoms with Crippen molar-refractivity contribution >= 4 is 5.91 Å². The van der Waals surface area contributed by atoms with Crippen LogP contribution in [0.4, 0.5) is 0 Å². The normalized spacial score (nSPS) is 19.4. The fourth-order valence-electron chi connectivity index (χ4n) is 2.36. The number of hydrogen-bond donors (Lipinski definition) is 1. The van der Waals surface area contributed by atoms with E-state index >= 15 is 0 Å². The van der Waals surface area contributed by atoms with Crippen molar-refractivity contribution in [2.75, 3.05) is 0 Å². The number of amides is 1. The zero-order chi connectivity index (χ0) is 11.1. The van der Waals surface area contributed by atoms with Crippen molar-refractivity contribution in [2.45, 2.75) is 32.4 Å². The Morgan fingerprint density at radius 1 is 1.31 bits per heavy atom. The Hall–Kier alpha value is -1.58. The van der Waals surface area contributed by atoms with Crippen LogP contribution in [-0.4, -0.2) is 15.8 Å². The van der Waals surface area contributed by atoms with Crippen molar-refractivity contribution in [2.24, 2.45) is 5.92 Å². The van der Waals surface area contributed by atoms with E-state index < -0.39 is 0 Å². The molecule has 1 aromatic rings. The molecule has 84 valence electrons. The molecule has 1 amide bonds. The summed E-state index contributed by atoms with van der Waals surface area (Å²) in [5.74, 6) is 0.490. The molecule has 1 aromatic heterocycles. The van der Waals surface area contributed by atoms with E-state index in [0.717, 1.165) is 24.1 Å². The molecule has 0 bridgehead atoms. The summed E-state index contributed by atoms with van der Waals surface area (Å²) in [5.41, 5.74) is 1.89. The van der Waals surface area contributed by atoms with Crippen molar-refractivity contribution in [1.29, 1.82) is 0 Å². The predicted octanol–water partition coefficient (Wildman–Crippen LogP) is 1.02. The predicted molar refractivity (Wildman–Crippen MR) is 58.7 cm³/mol. The van der Waals surface area contributed by atoms with Crippen molar-refractivity contribution in [3.63, 3.8) is 0 Å². The molecular weight excluding hydrogens is 204 g/mol. The van der Waals surface area contributed by atoms with Gasteiger partial charge in [-0.25, -0.2) is 0 Å². The zero-order valence-corrected chi connectivity index (χ0v) is 9.03. The molecule has 0 radical (unpaired) electrons. The van der Waals surface area contributed by atoms with Gasteiger partial charge in [0.2, 0.25) is 11.5 Å². The highest BCUT2D eigenvalue weighted by Crippen LogP contribution is 2.31. The van der Waals surface area contributed by atoms with Gasteiger partial charge < -0.3 is 9.88 Å². The van der Waals surface area contributed by atoms with E-state index in [-0.39, 0.29) is 17.4 Å². The number of pyridine rings is 1. The molecule has 0 unspecified atom stereocenters. The van der Waals surface area contributed by atoms with E-state index in [1.54, 1.807) is 0 Å². The second-order valence-corrected chi connectivity index (χ2v) is 4.65. The lowest BCUT2D eigenvalue weighted by Crippen LogP contribution is -2.35. The number of H-pyrrole nitrogens is 1. The first-order valence-electron chi connectivity index (χ1n) is 5.74. The minimum absolute atomic E-state index is 0.0864. The van der Waals surface area contributed by atoms with Crippen LogP contribution in [0.25, 0.3) is 0 Å². The van der Waals surface area contributed by atoms with Gasteiger partial charge in [0.1, 0.15) is 0 Å². The van der Waals surface area contributed by atoms with Crippen LogP contribution < -0.4 is 5.56 Å². The molecule has 0 saturated heterocycles. The van der Waals surface area contributed by atoms with Crippen LogP contribution in [0.3, 0.4) is 0 Å². The van der Waals surface area contributed by atoms with Gasteiger partial charge >= 0.3 is 0 Å². The number of aromatic nitrogens is 1. The average molecular weight is 218 g/mol. The van der Waals surface area contributed by atoms with E-state index in [1.165, 1.54) is 12.5 Å². The number of fused-ring (bicyclic) bond motifs is 1. The van der Waals surface area contributed by atoms with Gasteiger partial charge in [0.25, 0.3) is 0 Å². The fraction of sp³-hybridized carbons (Fsp3) is 0.500. The lowest BCUT2D eigenvalue weighted by Gasteiger charge is -2.28. The maximum Gasteiger partial charge on any atom is 0.248 e. The van der Waals surface area contributed by atoms with Crippen LogP contribution in [0.2, 0.25) is 0 Å². The number of aromatic amines is 1. The summed E-state index contributed by atoms with van der Waals surface area (Å²) >= 11 is 0. The monoisotopic (exact) mass is 218 g/mol. The van der Waals surface area contributed by atoms with Crippen molar-refractivity contribution in [3.05, 3.63) is 33.7 Å². The highest BCUT2D eigenvalue weighted by Gasteiger charge is 2.32. The quantitative estimate of drug-likeness (QED) is 0.765. The molecule has 1 saturated carbocycles. The van der Waals surface area contributed by atoms with Crippen LogP contribution in [0, 0.1) is 5.92 Å². The average Bonchev–Trinajstić information content (AvgIpc) is 2.57. The topological polar surface area (TPSA) is 53.2 Å². The minimum Gasteiger partial charge on any atom is -0.332 e. The number of nitrogens with one attached hydrogen (secondary N) is 1. The lowest BCUT2D eigenvalue weighted by atomic mass is 9.84. The fourth-order valence-corrected chi connectivity index (χ4v) is 2.36. The molecule has 0 spiro atoms. The van der Waals surface area contributed by atoms with E-state index in [9.17, 15) is 9.59 Å². The summed E-state index contributed by atoms with van der Waals surface area (Å²) in [7, 11) is 0. The van der Waals surface area contributed by atoms with Gasteiger partial charge in [-0.05, 0) is 24.5 Å². The van der Waals surface area contributed by atoms with Crippen LogP contribution in [-0.2, 0) is 17.9 Å². The Labute approximate surface area is 93.3 Å². The first kappa shape index (κ1) is 9.63. The Morgan fingerprint density at radius 2 is 2.12 bits per heavy atom. The van der Waals surface area contributed by atoms with Crippen LogP contribution in [0.1, 0.15) is 30.5 Å². The molecule has 1 aliphatic carbocycles.